The van der Waals surface area contributed by atoms with Crippen LogP contribution in [0.4, 0.5) is 0 Å². The summed E-state index contributed by atoms with van der Waals surface area (Å²) in [6.45, 7) is 7.88. The normalized spacial score (nSPS) is 9.25. The molecule has 0 radical (unpaired) electrons. The summed E-state index contributed by atoms with van der Waals surface area (Å²) in [5.41, 5.74) is 3.10. The van der Waals surface area contributed by atoms with Crippen molar-refractivity contribution in [2.45, 2.75) is 27.7 Å². The molecule has 16 heavy (non-hydrogen) atoms. The van der Waals surface area contributed by atoms with Crippen LogP contribution in [0.1, 0.15) is 25.2 Å². The van der Waals surface area contributed by atoms with Crippen molar-refractivity contribution in [3.63, 3.8) is 0 Å². The molecule has 0 aliphatic rings. The lowest BCUT2D eigenvalue weighted by molar-refractivity contribution is 0.913. The summed E-state index contributed by atoms with van der Waals surface area (Å²) < 4.78 is 0. The van der Waals surface area contributed by atoms with Gasteiger partial charge in [-0.2, -0.15) is 0 Å². The average molecular weight is 215 g/mol. The van der Waals surface area contributed by atoms with E-state index in [0.29, 0.717) is 5.82 Å². The Kier molecular flexibility index (Phi) is 4.58. The summed E-state index contributed by atoms with van der Waals surface area (Å²) >= 11 is 0. The van der Waals surface area contributed by atoms with Gasteiger partial charge >= 0.3 is 0 Å². The van der Waals surface area contributed by atoms with E-state index in [9.17, 15) is 0 Å². The maximum atomic E-state index is 4.10. The maximum Gasteiger partial charge on any atom is 0.147 e. The highest BCUT2D eigenvalue weighted by Gasteiger charge is 1.99. The van der Waals surface area contributed by atoms with Gasteiger partial charge in [0.15, 0.2) is 0 Å². The lowest BCUT2D eigenvalue weighted by Crippen LogP contribution is -1.93. The summed E-state index contributed by atoms with van der Waals surface area (Å²) in [5, 5.41) is 7.98. The minimum absolute atomic E-state index is 0.695. The smallest absolute Gasteiger partial charge is 0.147 e. The first-order valence-electron chi connectivity index (χ1n) is 5.49. The van der Waals surface area contributed by atoms with Gasteiger partial charge in [0.25, 0.3) is 0 Å². The van der Waals surface area contributed by atoms with Crippen LogP contribution in [-0.4, -0.2) is 15.2 Å². The molecule has 0 saturated carbocycles. The van der Waals surface area contributed by atoms with Crippen molar-refractivity contribution in [2.75, 3.05) is 0 Å². The summed E-state index contributed by atoms with van der Waals surface area (Å²) in [5.74, 6) is 0.695. The van der Waals surface area contributed by atoms with E-state index in [0.717, 1.165) is 11.3 Å². The minimum atomic E-state index is 0.695. The molecule has 0 unspecified atom stereocenters. The van der Waals surface area contributed by atoms with Crippen LogP contribution in [0, 0.1) is 13.8 Å². The fourth-order valence-corrected chi connectivity index (χ4v) is 1.19. The first-order valence-corrected chi connectivity index (χ1v) is 5.49. The number of hydrogen-bond donors (Lipinski definition) is 0. The van der Waals surface area contributed by atoms with Crippen molar-refractivity contribution in [1.29, 1.82) is 0 Å². The van der Waals surface area contributed by atoms with Crippen LogP contribution in [-0.2, 0) is 0 Å². The van der Waals surface area contributed by atoms with Crippen LogP contribution in [0.2, 0.25) is 0 Å². The Bertz CT molecular complexity index is 374. The zero-order chi connectivity index (χ0) is 12.0. The van der Waals surface area contributed by atoms with E-state index in [1.54, 1.807) is 6.20 Å². The van der Waals surface area contributed by atoms with E-state index in [4.69, 9.17) is 0 Å². The molecule has 3 heteroatoms. The van der Waals surface area contributed by atoms with Gasteiger partial charge in [0, 0.05) is 5.56 Å². The van der Waals surface area contributed by atoms with E-state index in [2.05, 4.69) is 34.2 Å². The Morgan fingerprint density at radius 3 is 2.00 bits per heavy atom. The fraction of sp³-hybridized carbons (Fsp3) is 0.308. The Labute approximate surface area is 96.6 Å². The number of benzene rings is 1. The fourth-order valence-electron chi connectivity index (χ4n) is 1.19. The van der Waals surface area contributed by atoms with Crippen molar-refractivity contribution in [3.05, 3.63) is 41.9 Å². The SMILES string of the molecule is CC.Cc1ccc(-c2cnc(C)nn2)cc1. The first-order chi connectivity index (χ1) is 7.75. The molecule has 3 nitrogen and oxygen atoms in total. The highest BCUT2D eigenvalue weighted by Crippen LogP contribution is 2.15. The second kappa shape index (κ2) is 5.95. The summed E-state index contributed by atoms with van der Waals surface area (Å²) in [6, 6.07) is 8.15. The van der Waals surface area contributed by atoms with Crippen LogP contribution in [0.25, 0.3) is 11.3 Å². The molecule has 2 rings (SSSR count). The molecule has 0 aliphatic carbocycles. The van der Waals surface area contributed by atoms with Gasteiger partial charge in [0.05, 0.1) is 6.20 Å². The largest absolute Gasteiger partial charge is 0.237 e. The summed E-state index contributed by atoms with van der Waals surface area (Å²) in [7, 11) is 0. The third-order valence-electron chi connectivity index (χ3n) is 2.02. The minimum Gasteiger partial charge on any atom is -0.237 e. The Hall–Kier alpha value is -1.77. The topological polar surface area (TPSA) is 38.7 Å². The van der Waals surface area contributed by atoms with Crippen LogP contribution >= 0.6 is 0 Å². The van der Waals surface area contributed by atoms with Gasteiger partial charge in [-0.05, 0) is 13.8 Å². The molecule has 1 aromatic carbocycles. The molecular weight excluding hydrogens is 198 g/mol. The summed E-state index contributed by atoms with van der Waals surface area (Å²) in [4.78, 5) is 4.10. The standard InChI is InChI=1S/C11H11N3.C2H6/c1-8-3-5-10(6-4-8)11-7-12-9(2)13-14-11;1-2/h3-7H,1-2H3;1-2H3. The predicted molar refractivity (Wildman–Crippen MR) is 66.1 cm³/mol. The van der Waals surface area contributed by atoms with Crippen molar-refractivity contribution < 1.29 is 0 Å². The lowest BCUT2D eigenvalue weighted by Gasteiger charge is -1.99. The van der Waals surface area contributed by atoms with Crippen LogP contribution in [0.5, 0.6) is 0 Å². The van der Waals surface area contributed by atoms with Crippen molar-refractivity contribution in [3.8, 4) is 11.3 Å². The first kappa shape index (κ1) is 12.3. The van der Waals surface area contributed by atoms with E-state index in [-0.39, 0.29) is 0 Å². The van der Waals surface area contributed by atoms with Gasteiger partial charge in [-0.15, -0.1) is 10.2 Å². The number of hydrogen-bond acceptors (Lipinski definition) is 3. The van der Waals surface area contributed by atoms with E-state index in [1.165, 1.54) is 5.56 Å². The molecule has 0 spiro atoms. The molecule has 84 valence electrons. The molecule has 1 heterocycles. The second-order valence-corrected chi connectivity index (χ2v) is 3.26. The number of rotatable bonds is 1. The molecule has 0 fully saturated rings. The molecule has 1 aromatic heterocycles. The monoisotopic (exact) mass is 215 g/mol. The molecule has 0 atom stereocenters. The van der Waals surface area contributed by atoms with Gasteiger partial charge in [-0.25, -0.2) is 4.98 Å². The molecule has 0 bridgehead atoms. The van der Waals surface area contributed by atoms with Gasteiger partial charge in [-0.3, -0.25) is 0 Å². The number of nitrogens with zero attached hydrogens (tertiary/aromatic N) is 3. The van der Waals surface area contributed by atoms with Crippen molar-refractivity contribution >= 4 is 0 Å². The zero-order valence-corrected chi connectivity index (χ0v) is 10.2. The Morgan fingerprint density at radius 2 is 1.50 bits per heavy atom. The zero-order valence-electron chi connectivity index (χ0n) is 10.2. The quantitative estimate of drug-likeness (QED) is 0.733. The van der Waals surface area contributed by atoms with E-state index >= 15 is 0 Å². The van der Waals surface area contributed by atoms with Gasteiger partial charge in [-0.1, -0.05) is 43.7 Å². The van der Waals surface area contributed by atoms with Gasteiger partial charge in [0.1, 0.15) is 11.5 Å². The lowest BCUT2D eigenvalue weighted by atomic mass is 10.1. The second-order valence-electron chi connectivity index (χ2n) is 3.26. The molecule has 2 aromatic rings. The highest BCUT2D eigenvalue weighted by molar-refractivity contribution is 5.57. The number of aryl methyl sites for hydroxylation is 2. The van der Waals surface area contributed by atoms with E-state index < -0.39 is 0 Å². The Balaban J connectivity index is 0.000000606. The van der Waals surface area contributed by atoms with Gasteiger partial charge in [0.2, 0.25) is 0 Å². The van der Waals surface area contributed by atoms with Crippen molar-refractivity contribution in [1.82, 2.24) is 15.2 Å². The Morgan fingerprint density at radius 1 is 0.875 bits per heavy atom. The van der Waals surface area contributed by atoms with Crippen LogP contribution in [0.15, 0.2) is 30.5 Å². The molecule has 0 amide bonds. The predicted octanol–water partition coefficient (Wildman–Crippen LogP) is 3.18. The highest BCUT2D eigenvalue weighted by atomic mass is 15.1. The average Bonchev–Trinajstić information content (AvgIpc) is 2.34. The third kappa shape index (κ3) is 3.12. The number of aromatic nitrogens is 3. The summed E-state index contributed by atoms with van der Waals surface area (Å²) in [6.07, 6.45) is 1.74. The van der Waals surface area contributed by atoms with Gasteiger partial charge < -0.3 is 0 Å². The van der Waals surface area contributed by atoms with Crippen molar-refractivity contribution in [2.24, 2.45) is 0 Å². The molecule has 0 aliphatic heterocycles. The molecular formula is C13H17N3. The maximum absolute atomic E-state index is 4.10. The molecule has 0 saturated heterocycles. The van der Waals surface area contributed by atoms with Crippen LogP contribution in [0.3, 0.4) is 0 Å². The van der Waals surface area contributed by atoms with E-state index in [1.807, 2.05) is 32.9 Å². The molecule has 0 N–H and O–H groups in total. The third-order valence-corrected chi connectivity index (χ3v) is 2.02. The van der Waals surface area contributed by atoms with Crippen LogP contribution < -0.4 is 0 Å².